The van der Waals surface area contributed by atoms with Gasteiger partial charge in [-0.25, -0.2) is 4.98 Å². The second kappa shape index (κ2) is 8.19. The van der Waals surface area contributed by atoms with Crippen LogP contribution in [0.15, 0.2) is 24.4 Å². The second-order valence-corrected chi connectivity index (χ2v) is 6.33. The molecule has 1 atom stereocenters. The summed E-state index contributed by atoms with van der Waals surface area (Å²) >= 11 is 0. The first-order chi connectivity index (χ1) is 13.0. The molecule has 27 heavy (non-hydrogen) atoms. The van der Waals surface area contributed by atoms with Crippen molar-refractivity contribution in [3.05, 3.63) is 35.5 Å². The number of ether oxygens (including phenoxy) is 1. The molecular weight excluding hydrogens is 346 g/mol. The monoisotopic (exact) mass is 371 g/mol. The summed E-state index contributed by atoms with van der Waals surface area (Å²) in [5.74, 6) is 1.38. The Balaban J connectivity index is 1.93. The fraction of sp³-hybridized carbons (Fsp3) is 0.389. The van der Waals surface area contributed by atoms with Crippen molar-refractivity contribution in [2.45, 2.75) is 39.1 Å². The number of methoxy groups -OCH3 is 1. The molecule has 0 amide bonds. The van der Waals surface area contributed by atoms with Crippen molar-refractivity contribution in [2.75, 3.05) is 18.2 Å². The van der Waals surface area contributed by atoms with Crippen LogP contribution < -0.4 is 21.5 Å². The largest absolute Gasteiger partial charge is 0.496 e. The van der Waals surface area contributed by atoms with Crippen molar-refractivity contribution >= 4 is 22.8 Å². The number of rotatable bonds is 8. The Morgan fingerprint density at radius 1 is 1.33 bits per heavy atom. The number of nitrogens with zero attached hydrogens (tertiary/aromatic N) is 4. The molecule has 0 aliphatic carbocycles. The third-order valence-corrected chi connectivity index (χ3v) is 4.22. The number of aliphatic hydroxyl groups excluding tert-OH is 1. The van der Waals surface area contributed by atoms with Crippen LogP contribution in [0, 0.1) is 0 Å². The van der Waals surface area contributed by atoms with Crippen molar-refractivity contribution in [1.29, 1.82) is 0 Å². The number of benzene rings is 1. The molecule has 0 radical (unpaired) electrons. The van der Waals surface area contributed by atoms with E-state index >= 15 is 0 Å². The first-order valence-corrected chi connectivity index (χ1v) is 8.83. The van der Waals surface area contributed by atoms with Crippen LogP contribution in [0.3, 0.4) is 0 Å². The average Bonchev–Trinajstić information content (AvgIpc) is 3.04. The van der Waals surface area contributed by atoms with Gasteiger partial charge < -0.3 is 26.6 Å². The smallest absolute Gasteiger partial charge is 0.222 e. The molecule has 2 heterocycles. The first kappa shape index (κ1) is 18.9. The van der Waals surface area contributed by atoms with Gasteiger partial charge >= 0.3 is 0 Å². The van der Waals surface area contributed by atoms with E-state index in [1.165, 1.54) is 0 Å². The Morgan fingerprint density at radius 3 is 2.85 bits per heavy atom. The Labute approximate surface area is 157 Å². The maximum atomic E-state index is 9.28. The molecule has 0 saturated heterocycles. The van der Waals surface area contributed by atoms with Gasteiger partial charge in [-0.1, -0.05) is 25.5 Å². The van der Waals surface area contributed by atoms with E-state index in [1.54, 1.807) is 11.8 Å². The van der Waals surface area contributed by atoms with Crippen molar-refractivity contribution < 1.29 is 9.84 Å². The third-order valence-electron chi connectivity index (χ3n) is 4.22. The van der Waals surface area contributed by atoms with Gasteiger partial charge in [0.1, 0.15) is 11.3 Å². The average molecular weight is 371 g/mol. The number of hydrogen-bond donors (Lipinski definition) is 4. The highest BCUT2D eigenvalue weighted by Crippen LogP contribution is 2.24. The number of nitrogens with one attached hydrogen (secondary N) is 1. The van der Waals surface area contributed by atoms with Gasteiger partial charge in [-0.2, -0.15) is 10.1 Å². The van der Waals surface area contributed by atoms with Crippen LogP contribution in [0.1, 0.15) is 30.9 Å². The number of aromatic nitrogens is 4. The lowest BCUT2D eigenvalue weighted by molar-refractivity contribution is 0.281. The van der Waals surface area contributed by atoms with Gasteiger partial charge in [0.15, 0.2) is 11.3 Å². The maximum Gasteiger partial charge on any atom is 0.222 e. The molecule has 0 fully saturated rings. The van der Waals surface area contributed by atoms with Crippen LogP contribution in [0.4, 0.5) is 11.8 Å². The number of fused-ring (bicyclic) bond motifs is 1. The summed E-state index contributed by atoms with van der Waals surface area (Å²) in [4.78, 5) is 8.51. The Hall–Kier alpha value is -2.91. The lowest BCUT2D eigenvalue weighted by atomic mass is 10.1. The highest BCUT2D eigenvalue weighted by Gasteiger charge is 2.14. The molecule has 0 aliphatic rings. The lowest BCUT2D eigenvalue weighted by Crippen LogP contribution is -2.29. The van der Waals surface area contributed by atoms with E-state index in [2.05, 4.69) is 27.3 Å². The fourth-order valence-electron chi connectivity index (χ4n) is 2.91. The molecule has 1 unspecified atom stereocenters. The van der Waals surface area contributed by atoms with Crippen LogP contribution >= 0.6 is 0 Å². The normalized spacial score (nSPS) is 12.3. The second-order valence-electron chi connectivity index (χ2n) is 6.33. The molecule has 0 bridgehead atoms. The van der Waals surface area contributed by atoms with Crippen LogP contribution in [0.25, 0.3) is 11.0 Å². The number of nitrogen functional groups attached to an aromatic ring is 1. The number of aliphatic hydroxyl groups is 1. The highest BCUT2D eigenvalue weighted by atomic mass is 16.5. The molecule has 1 aromatic carbocycles. The summed E-state index contributed by atoms with van der Waals surface area (Å²) in [5.41, 5.74) is 14.9. The zero-order valence-electron chi connectivity index (χ0n) is 15.5. The van der Waals surface area contributed by atoms with E-state index in [0.717, 1.165) is 24.0 Å². The Bertz CT molecular complexity index is 925. The molecule has 9 heteroatoms. The van der Waals surface area contributed by atoms with Crippen molar-refractivity contribution in [3.63, 3.8) is 0 Å². The van der Waals surface area contributed by atoms with Crippen molar-refractivity contribution in [1.82, 2.24) is 19.7 Å². The molecule has 0 spiro atoms. The lowest BCUT2D eigenvalue weighted by Gasteiger charge is -2.13. The third kappa shape index (κ3) is 4.26. The van der Waals surface area contributed by atoms with E-state index in [4.69, 9.17) is 16.2 Å². The predicted molar refractivity (Wildman–Crippen MR) is 104 cm³/mol. The van der Waals surface area contributed by atoms with Gasteiger partial charge in [-0.15, -0.1) is 0 Å². The molecule has 144 valence electrons. The topological polar surface area (TPSA) is 137 Å². The van der Waals surface area contributed by atoms with E-state index in [1.807, 2.05) is 24.4 Å². The minimum Gasteiger partial charge on any atom is -0.496 e. The zero-order chi connectivity index (χ0) is 19.4. The molecule has 9 nitrogen and oxygen atoms in total. The van der Waals surface area contributed by atoms with E-state index in [9.17, 15) is 5.11 Å². The van der Waals surface area contributed by atoms with Gasteiger partial charge in [0.25, 0.3) is 0 Å². The zero-order valence-corrected chi connectivity index (χ0v) is 15.5. The number of hydrogen-bond acceptors (Lipinski definition) is 8. The number of anilines is 2. The molecular formula is C18H25N7O2. The van der Waals surface area contributed by atoms with Crippen molar-refractivity contribution in [3.8, 4) is 5.75 Å². The van der Waals surface area contributed by atoms with Gasteiger partial charge in [0.2, 0.25) is 5.95 Å². The fourth-order valence-corrected chi connectivity index (χ4v) is 2.91. The number of nitrogens with two attached hydrogens (primary N) is 2. The Morgan fingerprint density at radius 2 is 2.15 bits per heavy atom. The van der Waals surface area contributed by atoms with Gasteiger partial charge in [-0.3, -0.25) is 4.68 Å². The van der Waals surface area contributed by atoms with Crippen LogP contribution in [0.2, 0.25) is 0 Å². The first-order valence-electron chi connectivity index (χ1n) is 8.83. The Kier molecular flexibility index (Phi) is 5.72. The van der Waals surface area contributed by atoms with Gasteiger partial charge in [-0.05, 0) is 18.1 Å². The maximum absolute atomic E-state index is 9.28. The molecule has 6 N–H and O–H groups in total. The minimum absolute atomic E-state index is 0.0375. The summed E-state index contributed by atoms with van der Waals surface area (Å²) in [6.45, 7) is 2.51. The summed E-state index contributed by atoms with van der Waals surface area (Å²) < 4.78 is 7.18. The highest BCUT2D eigenvalue weighted by molar-refractivity contribution is 5.85. The quantitative estimate of drug-likeness (QED) is 0.437. The standard InChI is InChI=1S/C18H25N7O2/c1-3-4-15(19)22-17-16-13(21-18(20)23-17)9-25(24-16)8-12-6-5-11(10-26)7-14(12)27-2/h5-7,9,15,26H,3-4,8,10,19H2,1-2H3,(H3,20,21,22,23). The summed E-state index contributed by atoms with van der Waals surface area (Å²) in [5, 5.41) is 17.0. The summed E-state index contributed by atoms with van der Waals surface area (Å²) in [6, 6.07) is 5.58. The SMILES string of the molecule is CCCC(N)Nc1nc(N)nc2cn(Cc3ccc(CO)cc3OC)nc12. The molecule has 2 aromatic heterocycles. The van der Waals surface area contributed by atoms with E-state index in [-0.39, 0.29) is 18.7 Å². The molecule has 3 rings (SSSR count). The van der Waals surface area contributed by atoms with Gasteiger partial charge in [0, 0.05) is 5.56 Å². The molecule has 0 aliphatic heterocycles. The summed E-state index contributed by atoms with van der Waals surface area (Å²) in [7, 11) is 1.60. The van der Waals surface area contributed by atoms with Crippen molar-refractivity contribution in [2.24, 2.45) is 5.73 Å². The van der Waals surface area contributed by atoms with Crippen LogP contribution in [-0.4, -0.2) is 38.1 Å². The van der Waals surface area contributed by atoms with Gasteiger partial charge in [0.05, 0.1) is 32.6 Å². The van der Waals surface area contributed by atoms with Crippen LogP contribution in [-0.2, 0) is 13.2 Å². The van der Waals surface area contributed by atoms with E-state index in [0.29, 0.717) is 29.1 Å². The molecule has 0 saturated carbocycles. The minimum atomic E-state index is -0.233. The van der Waals surface area contributed by atoms with Crippen LogP contribution in [0.5, 0.6) is 5.75 Å². The van der Waals surface area contributed by atoms with E-state index < -0.39 is 0 Å². The molecule has 3 aromatic rings. The summed E-state index contributed by atoms with van der Waals surface area (Å²) in [6.07, 6.45) is 3.34. The predicted octanol–water partition coefficient (Wildman–Crippen LogP) is 1.45.